The van der Waals surface area contributed by atoms with Gasteiger partial charge in [0, 0.05) is 18.1 Å². The maximum absolute atomic E-state index is 13.2. The van der Waals surface area contributed by atoms with Crippen molar-refractivity contribution in [2.24, 2.45) is 0 Å². The first kappa shape index (κ1) is 20.3. The van der Waals surface area contributed by atoms with E-state index in [2.05, 4.69) is 15.7 Å². The van der Waals surface area contributed by atoms with Crippen molar-refractivity contribution >= 4 is 23.5 Å². The zero-order valence-corrected chi connectivity index (χ0v) is 17.1. The van der Waals surface area contributed by atoms with E-state index in [4.69, 9.17) is 0 Å². The molecule has 31 heavy (non-hydrogen) atoms. The van der Waals surface area contributed by atoms with Crippen LogP contribution in [0, 0.1) is 0 Å². The molecule has 2 aromatic carbocycles. The normalized spacial score (nSPS) is 18.2. The highest BCUT2D eigenvalue weighted by Gasteiger charge is 2.51. The molecule has 4 rings (SSSR count). The lowest BCUT2D eigenvalue weighted by Crippen LogP contribution is -2.44. The maximum atomic E-state index is 13.2. The van der Waals surface area contributed by atoms with Gasteiger partial charge < -0.3 is 10.6 Å². The molecular weight excluding hydrogens is 394 g/mol. The van der Waals surface area contributed by atoms with Crippen molar-refractivity contribution in [3.05, 3.63) is 84.2 Å². The highest BCUT2D eigenvalue weighted by Crippen LogP contribution is 2.32. The number of aromatic nitrogens is 2. The van der Waals surface area contributed by atoms with Gasteiger partial charge in [-0.1, -0.05) is 55.5 Å². The van der Waals surface area contributed by atoms with E-state index in [0.29, 0.717) is 24.2 Å². The van der Waals surface area contributed by atoms with Gasteiger partial charge >= 0.3 is 6.03 Å². The second-order valence-electron chi connectivity index (χ2n) is 7.36. The molecule has 2 N–H and O–H groups in total. The number of para-hydroxylation sites is 1. The molecule has 0 radical (unpaired) electrons. The van der Waals surface area contributed by atoms with Gasteiger partial charge in [0.1, 0.15) is 12.1 Å². The van der Waals surface area contributed by atoms with Gasteiger partial charge in [0.05, 0.1) is 6.54 Å². The molecule has 1 saturated heterocycles. The summed E-state index contributed by atoms with van der Waals surface area (Å²) in [6.45, 7) is 1.95. The molecule has 0 bridgehead atoms. The van der Waals surface area contributed by atoms with Crippen LogP contribution in [0.3, 0.4) is 0 Å². The third-order valence-electron chi connectivity index (χ3n) is 5.46. The van der Waals surface area contributed by atoms with E-state index in [0.717, 1.165) is 10.5 Å². The molecule has 1 aliphatic rings. The standard InChI is InChI=1S/C23H23N5O3/c1-2-23(18-10-4-3-5-11-18)21(30)28(22(31)26-23)16-20(29)25-19-12-7-6-9-17(19)15-27-14-8-13-24-27/h3-14H,2,15-16H2,1H3,(H,25,29)(H,26,31). The number of benzene rings is 2. The number of hydrogen-bond acceptors (Lipinski definition) is 4. The predicted molar refractivity (Wildman–Crippen MR) is 115 cm³/mol. The van der Waals surface area contributed by atoms with Crippen LogP contribution < -0.4 is 10.6 Å². The third kappa shape index (κ3) is 3.92. The first-order valence-electron chi connectivity index (χ1n) is 10.1. The van der Waals surface area contributed by atoms with Gasteiger partial charge in [-0.15, -0.1) is 0 Å². The number of anilines is 1. The van der Waals surface area contributed by atoms with Crippen LogP contribution in [0.25, 0.3) is 0 Å². The molecule has 4 amide bonds. The number of carbonyl (C=O) groups excluding carboxylic acids is 3. The summed E-state index contributed by atoms with van der Waals surface area (Å²) in [7, 11) is 0. The molecular formula is C23H23N5O3. The Bertz CT molecular complexity index is 1100. The summed E-state index contributed by atoms with van der Waals surface area (Å²) in [5.41, 5.74) is 1.02. The predicted octanol–water partition coefficient (Wildman–Crippen LogP) is 2.73. The molecule has 1 aromatic heterocycles. The summed E-state index contributed by atoms with van der Waals surface area (Å²) in [4.78, 5) is 39.5. The summed E-state index contributed by atoms with van der Waals surface area (Å²) in [5, 5.41) is 9.80. The van der Waals surface area contributed by atoms with Crippen molar-refractivity contribution in [1.29, 1.82) is 0 Å². The number of nitrogens with zero attached hydrogens (tertiary/aromatic N) is 3. The Morgan fingerprint density at radius 3 is 2.52 bits per heavy atom. The van der Waals surface area contributed by atoms with E-state index < -0.39 is 23.4 Å². The maximum Gasteiger partial charge on any atom is 0.325 e. The third-order valence-corrected chi connectivity index (χ3v) is 5.46. The zero-order valence-electron chi connectivity index (χ0n) is 17.1. The number of hydrogen-bond donors (Lipinski definition) is 2. The molecule has 8 nitrogen and oxygen atoms in total. The summed E-state index contributed by atoms with van der Waals surface area (Å²) < 4.78 is 1.75. The number of carbonyl (C=O) groups is 3. The fourth-order valence-electron chi connectivity index (χ4n) is 3.81. The summed E-state index contributed by atoms with van der Waals surface area (Å²) in [6.07, 6.45) is 3.90. The lowest BCUT2D eigenvalue weighted by atomic mass is 9.87. The van der Waals surface area contributed by atoms with Crippen LogP contribution in [-0.2, 0) is 21.7 Å². The molecule has 3 aromatic rings. The number of amides is 4. The second-order valence-corrected chi connectivity index (χ2v) is 7.36. The van der Waals surface area contributed by atoms with Gasteiger partial charge in [-0.05, 0) is 29.7 Å². The lowest BCUT2D eigenvalue weighted by molar-refractivity contribution is -0.134. The number of urea groups is 1. The molecule has 0 spiro atoms. The van der Waals surface area contributed by atoms with Gasteiger partial charge in [0.15, 0.2) is 0 Å². The first-order valence-corrected chi connectivity index (χ1v) is 10.1. The van der Waals surface area contributed by atoms with Gasteiger partial charge in [-0.25, -0.2) is 4.79 Å². The van der Waals surface area contributed by atoms with Crippen LogP contribution in [0.15, 0.2) is 73.1 Å². The first-order chi connectivity index (χ1) is 15.0. The van der Waals surface area contributed by atoms with E-state index in [1.165, 1.54) is 0 Å². The quantitative estimate of drug-likeness (QED) is 0.578. The molecule has 1 unspecified atom stereocenters. The van der Waals surface area contributed by atoms with Crippen LogP contribution in [-0.4, -0.2) is 39.1 Å². The van der Waals surface area contributed by atoms with Crippen molar-refractivity contribution in [3.8, 4) is 0 Å². The Morgan fingerprint density at radius 1 is 1.06 bits per heavy atom. The zero-order chi connectivity index (χ0) is 21.8. The number of nitrogens with one attached hydrogen (secondary N) is 2. The van der Waals surface area contributed by atoms with E-state index >= 15 is 0 Å². The SMILES string of the molecule is CCC1(c2ccccc2)NC(=O)N(CC(=O)Nc2ccccc2Cn2cccn2)C1=O. The minimum Gasteiger partial charge on any atom is -0.324 e. The largest absolute Gasteiger partial charge is 0.325 e. The van der Waals surface area contributed by atoms with Gasteiger partial charge in [0.25, 0.3) is 5.91 Å². The van der Waals surface area contributed by atoms with Crippen molar-refractivity contribution in [2.75, 3.05) is 11.9 Å². The molecule has 1 atom stereocenters. The Kier molecular flexibility index (Phi) is 5.53. The van der Waals surface area contributed by atoms with Crippen molar-refractivity contribution in [1.82, 2.24) is 20.0 Å². The minimum atomic E-state index is -1.16. The van der Waals surface area contributed by atoms with Gasteiger partial charge in [-0.3, -0.25) is 19.2 Å². The average Bonchev–Trinajstić information content (AvgIpc) is 3.38. The topological polar surface area (TPSA) is 96.3 Å². The smallest absolute Gasteiger partial charge is 0.324 e. The molecule has 1 fully saturated rings. The van der Waals surface area contributed by atoms with Crippen molar-refractivity contribution in [3.63, 3.8) is 0 Å². The van der Waals surface area contributed by atoms with E-state index in [9.17, 15) is 14.4 Å². The molecule has 158 valence electrons. The number of rotatable bonds is 7. The molecule has 0 saturated carbocycles. The Balaban J connectivity index is 1.50. The molecule has 8 heteroatoms. The van der Waals surface area contributed by atoms with Crippen LogP contribution >= 0.6 is 0 Å². The van der Waals surface area contributed by atoms with Gasteiger partial charge in [0.2, 0.25) is 5.91 Å². The van der Waals surface area contributed by atoms with Crippen LogP contribution in [0.1, 0.15) is 24.5 Å². The molecule has 2 heterocycles. The average molecular weight is 417 g/mol. The van der Waals surface area contributed by atoms with E-state index in [1.54, 1.807) is 29.1 Å². The monoisotopic (exact) mass is 417 g/mol. The molecule has 1 aliphatic heterocycles. The number of imide groups is 1. The summed E-state index contributed by atoms with van der Waals surface area (Å²) in [5.74, 6) is -0.873. The second kappa shape index (κ2) is 8.43. The van der Waals surface area contributed by atoms with Crippen LogP contribution in [0.2, 0.25) is 0 Å². The minimum absolute atomic E-state index is 0.366. The van der Waals surface area contributed by atoms with Crippen LogP contribution in [0.5, 0.6) is 0 Å². The van der Waals surface area contributed by atoms with E-state index in [1.807, 2.05) is 55.6 Å². The summed E-state index contributed by atoms with van der Waals surface area (Å²) >= 11 is 0. The van der Waals surface area contributed by atoms with Crippen LogP contribution in [0.4, 0.5) is 10.5 Å². The highest BCUT2D eigenvalue weighted by molar-refractivity contribution is 6.10. The lowest BCUT2D eigenvalue weighted by Gasteiger charge is -2.25. The van der Waals surface area contributed by atoms with Crippen molar-refractivity contribution < 1.29 is 14.4 Å². The summed E-state index contributed by atoms with van der Waals surface area (Å²) in [6, 6.07) is 17.7. The highest BCUT2D eigenvalue weighted by atomic mass is 16.2. The van der Waals surface area contributed by atoms with E-state index in [-0.39, 0.29) is 6.54 Å². The Hall–Kier alpha value is -3.94. The van der Waals surface area contributed by atoms with Gasteiger partial charge in [-0.2, -0.15) is 5.10 Å². The Labute approximate surface area is 179 Å². The fourth-order valence-corrected chi connectivity index (χ4v) is 3.81. The van der Waals surface area contributed by atoms with Crippen molar-refractivity contribution in [2.45, 2.75) is 25.4 Å². The Morgan fingerprint density at radius 2 is 1.81 bits per heavy atom. The molecule has 0 aliphatic carbocycles. The fraction of sp³-hybridized carbons (Fsp3) is 0.217.